The summed E-state index contributed by atoms with van der Waals surface area (Å²) in [6.45, 7) is 4.25. The van der Waals surface area contributed by atoms with Gasteiger partial charge in [0, 0.05) is 43.2 Å². The second-order valence-corrected chi connectivity index (χ2v) is 10.1. The molecule has 0 saturated carbocycles. The Labute approximate surface area is 214 Å². The Morgan fingerprint density at radius 3 is 2.53 bits per heavy atom. The van der Waals surface area contributed by atoms with Crippen molar-refractivity contribution in [3.8, 4) is 0 Å². The molecule has 0 bridgehead atoms. The number of anilines is 3. The van der Waals surface area contributed by atoms with Crippen molar-refractivity contribution in [3.63, 3.8) is 0 Å². The lowest BCUT2D eigenvalue weighted by molar-refractivity contribution is -0.116. The van der Waals surface area contributed by atoms with Crippen molar-refractivity contribution in [3.05, 3.63) is 89.2 Å². The minimum atomic E-state index is -0.334. The number of piperazine rings is 1. The zero-order valence-electron chi connectivity index (χ0n) is 20.2. The maximum atomic E-state index is 14.1. The SMILES string of the molecule is Cc1ccccc1CSCC1Nc2ccc(C(=O)N3CCN(c4ccccc4F)CC3)cc2NC1=O. The first-order chi connectivity index (χ1) is 17.5. The molecule has 3 aromatic carbocycles. The fraction of sp³-hybridized carbons (Fsp3) is 0.286. The van der Waals surface area contributed by atoms with Gasteiger partial charge in [-0.15, -0.1) is 0 Å². The number of thioether (sulfide) groups is 1. The number of amides is 2. The molecule has 0 spiro atoms. The number of benzene rings is 3. The molecule has 1 fully saturated rings. The van der Waals surface area contributed by atoms with Gasteiger partial charge in [0.2, 0.25) is 5.91 Å². The summed E-state index contributed by atoms with van der Waals surface area (Å²) in [5, 5.41) is 6.29. The predicted molar refractivity (Wildman–Crippen MR) is 144 cm³/mol. The summed E-state index contributed by atoms with van der Waals surface area (Å²) >= 11 is 1.72. The van der Waals surface area contributed by atoms with Crippen molar-refractivity contribution in [1.29, 1.82) is 0 Å². The van der Waals surface area contributed by atoms with Crippen molar-refractivity contribution >= 4 is 40.6 Å². The monoisotopic (exact) mass is 504 g/mol. The van der Waals surface area contributed by atoms with Gasteiger partial charge in [-0.05, 0) is 48.4 Å². The topological polar surface area (TPSA) is 64.7 Å². The van der Waals surface area contributed by atoms with Crippen molar-refractivity contribution in [2.24, 2.45) is 0 Å². The van der Waals surface area contributed by atoms with Gasteiger partial charge in [0.15, 0.2) is 0 Å². The summed E-state index contributed by atoms with van der Waals surface area (Å²) < 4.78 is 14.1. The van der Waals surface area contributed by atoms with Gasteiger partial charge in [0.1, 0.15) is 11.9 Å². The molecule has 1 saturated heterocycles. The Hall–Kier alpha value is -3.52. The summed E-state index contributed by atoms with van der Waals surface area (Å²) in [5.41, 5.74) is 5.06. The van der Waals surface area contributed by atoms with E-state index in [0.717, 1.165) is 11.4 Å². The first-order valence-electron chi connectivity index (χ1n) is 12.1. The van der Waals surface area contributed by atoms with Crippen LogP contribution in [-0.2, 0) is 10.5 Å². The standard InChI is InChI=1S/C28H29FN4O2S/c1-19-6-2-3-7-21(19)17-36-18-25-27(34)31-24-16-20(10-11-23(24)30-25)28(35)33-14-12-32(13-15-33)26-9-5-4-8-22(26)29/h2-11,16,25,30H,12-15,17-18H2,1H3,(H,31,34). The van der Waals surface area contributed by atoms with E-state index in [1.54, 1.807) is 40.9 Å². The number of nitrogens with one attached hydrogen (secondary N) is 2. The van der Waals surface area contributed by atoms with E-state index in [1.165, 1.54) is 17.2 Å². The summed E-state index contributed by atoms with van der Waals surface area (Å²) in [5.74, 6) is 1.07. The highest BCUT2D eigenvalue weighted by molar-refractivity contribution is 7.98. The number of carbonyl (C=O) groups excluding carboxylic acids is 2. The molecule has 2 aliphatic rings. The van der Waals surface area contributed by atoms with Crippen LogP contribution in [0.15, 0.2) is 66.7 Å². The normalized spacial score (nSPS) is 17.3. The second-order valence-electron chi connectivity index (χ2n) is 9.12. The third kappa shape index (κ3) is 5.18. The molecule has 5 rings (SSSR count). The largest absolute Gasteiger partial charge is 0.371 e. The fourth-order valence-corrected chi connectivity index (χ4v) is 5.73. The van der Waals surface area contributed by atoms with Crippen LogP contribution >= 0.6 is 11.8 Å². The van der Waals surface area contributed by atoms with Crippen molar-refractivity contribution in [2.45, 2.75) is 18.7 Å². The molecule has 3 aromatic rings. The molecule has 0 aromatic heterocycles. The molecule has 1 unspecified atom stereocenters. The number of carbonyl (C=O) groups is 2. The summed E-state index contributed by atoms with van der Waals surface area (Å²) in [6.07, 6.45) is 0. The van der Waals surface area contributed by atoms with Gasteiger partial charge >= 0.3 is 0 Å². The molecular weight excluding hydrogens is 475 g/mol. The molecule has 2 heterocycles. The van der Waals surface area contributed by atoms with Gasteiger partial charge in [0.05, 0.1) is 17.1 Å². The quantitative estimate of drug-likeness (QED) is 0.507. The Bertz CT molecular complexity index is 1280. The van der Waals surface area contributed by atoms with E-state index in [4.69, 9.17) is 0 Å². The van der Waals surface area contributed by atoms with Crippen molar-refractivity contribution in [2.75, 3.05) is 47.5 Å². The van der Waals surface area contributed by atoms with Crippen LogP contribution in [0.25, 0.3) is 0 Å². The van der Waals surface area contributed by atoms with Crippen molar-refractivity contribution in [1.82, 2.24) is 4.90 Å². The number of para-hydroxylation sites is 1. The van der Waals surface area contributed by atoms with Crippen LogP contribution in [-0.4, -0.2) is 54.7 Å². The average molecular weight is 505 g/mol. The van der Waals surface area contributed by atoms with Crippen LogP contribution in [0.1, 0.15) is 21.5 Å². The fourth-order valence-electron chi connectivity index (χ4n) is 4.60. The van der Waals surface area contributed by atoms with E-state index in [2.05, 4.69) is 29.7 Å². The van der Waals surface area contributed by atoms with Crippen molar-refractivity contribution < 1.29 is 14.0 Å². The second kappa shape index (κ2) is 10.6. The Morgan fingerprint density at radius 1 is 1.00 bits per heavy atom. The number of hydrogen-bond acceptors (Lipinski definition) is 5. The van der Waals surface area contributed by atoms with E-state index < -0.39 is 0 Å². The third-order valence-corrected chi connectivity index (χ3v) is 7.82. The average Bonchev–Trinajstić information content (AvgIpc) is 2.90. The number of nitrogens with zero attached hydrogens (tertiary/aromatic N) is 2. The van der Waals surface area contributed by atoms with Gasteiger partial charge in [0.25, 0.3) is 5.91 Å². The highest BCUT2D eigenvalue weighted by Crippen LogP contribution is 2.30. The zero-order chi connectivity index (χ0) is 25.1. The highest BCUT2D eigenvalue weighted by atomic mass is 32.2. The molecule has 0 radical (unpaired) electrons. The van der Waals surface area contributed by atoms with Crippen LogP contribution < -0.4 is 15.5 Å². The van der Waals surface area contributed by atoms with E-state index >= 15 is 0 Å². The van der Waals surface area contributed by atoms with Crippen LogP contribution in [0.2, 0.25) is 0 Å². The summed E-state index contributed by atoms with van der Waals surface area (Å²) in [7, 11) is 0. The maximum Gasteiger partial charge on any atom is 0.254 e. The lowest BCUT2D eigenvalue weighted by Gasteiger charge is -2.36. The van der Waals surface area contributed by atoms with Gasteiger partial charge in [-0.3, -0.25) is 9.59 Å². The number of aryl methyl sites for hydroxylation is 1. The lowest BCUT2D eigenvalue weighted by atomic mass is 10.1. The molecule has 36 heavy (non-hydrogen) atoms. The van der Waals surface area contributed by atoms with Gasteiger partial charge in [-0.2, -0.15) is 11.8 Å². The molecule has 2 aliphatic heterocycles. The minimum absolute atomic E-state index is 0.0869. The molecule has 1 atom stereocenters. The first-order valence-corrected chi connectivity index (χ1v) is 13.3. The molecule has 2 amide bonds. The number of rotatable bonds is 6. The third-order valence-electron chi connectivity index (χ3n) is 6.73. The van der Waals surface area contributed by atoms with Gasteiger partial charge in [-0.1, -0.05) is 36.4 Å². The molecule has 8 heteroatoms. The Kier molecular flexibility index (Phi) is 7.13. The zero-order valence-corrected chi connectivity index (χ0v) is 21.0. The van der Waals surface area contributed by atoms with Crippen LogP contribution in [0.5, 0.6) is 0 Å². The Balaban J connectivity index is 1.18. The smallest absolute Gasteiger partial charge is 0.254 e. The van der Waals surface area contributed by atoms with Gasteiger partial charge < -0.3 is 20.4 Å². The van der Waals surface area contributed by atoms with E-state index in [-0.39, 0.29) is 23.7 Å². The van der Waals surface area contributed by atoms with Crippen LogP contribution in [0.4, 0.5) is 21.5 Å². The molecule has 186 valence electrons. The number of halogens is 1. The van der Waals surface area contributed by atoms with E-state index in [9.17, 15) is 14.0 Å². The predicted octanol–water partition coefficient (Wildman–Crippen LogP) is 4.76. The number of hydrogen-bond donors (Lipinski definition) is 2. The maximum absolute atomic E-state index is 14.1. The van der Waals surface area contributed by atoms with Gasteiger partial charge in [-0.25, -0.2) is 4.39 Å². The van der Waals surface area contributed by atoms with E-state index in [1.807, 2.05) is 29.2 Å². The van der Waals surface area contributed by atoms with E-state index in [0.29, 0.717) is 48.9 Å². The minimum Gasteiger partial charge on any atom is -0.371 e. The molecule has 2 N–H and O–H groups in total. The highest BCUT2D eigenvalue weighted by Gasteiger charge is 2.28. The molecule has 0 aliphatic carbocycles. The summed E-state index contributed by atoms with van der Waals surface area (Å²) in [4.78, 5) is 29.6. The lowest BCUT2D eigenvalue weighted by Crippen LogP contribution is -2.49. The Morgan fingerprint density at radius 2 is 1.75 bits per heavy atom. The van der Waals surface area contributed by atoms with Crippen LogP contribution in [0.3, 0.4) is 0 Å². The molecular formula is C28H29FN4O2S. The summed E-state index contributed by atoms with van der Waals surface area (Å²) in [6, 6.07) is 20.0. The number of fused-ring (bicyclic) bond motifs is 1. The van der Waals surface area contributed by atoms with Crippen LogP contribution in [0, 0.1) is 12.7 Å². The first kappa shape index (κ1) is 24.2. The molecule has 6 nitrogen and oxygen atoms in total.